The third kappa shape index (κ3) is 2.45. The van der Waals surface area contributed by atoms with Crippen molar-refractivity contribution in [2.75, 3.05) is 25.9 Å². The first-order valence-corrected chi connectivity index (χ1v) is 5.81. The summed E-state index contributed by atoms with van der Waals surface area (Å²) in [6.07, 6.45) is 0.561. The van der Waals surface area contributed by atoms with Crippen molar-refractivity contribution in [3.63, 3.8) is 0 Å². The summed E-state index contributed by atoms with van der Waals surface area (Å²) in [5.74, 6) is 0.547. The number of carbonyl (C=O) groups excluding carboxylic acids is 1. The number of nitrogens with zero attached hydrogens (tertiary/aromatic N) is 1. The number of benzene rings is 1. The van der Waals surface area contributed by atoms with Gasteiger partial charge in [-0.3, -0.25) is 9.69 Å². The summed E-state index contributed by atoms with van der Waals surface area (Å²) in [4.78, 5) is 13.5. The van der Waals surface area contributed by atoms with Crippen LogP contribution >= 0.6 is 0 Å². The Morgan fingerprint density at radius 1 is 1.32 bits per heavy atom. The van der Waals surface area contributed by atoms with Crippen LogP contribution in [0.2, 0.25) is 0 Å². The predicted octanol–water partition coefficient (Wildman–Crippen LogP) is 1.05. The molecule has 1 N–H and O–H groups in total. The minimum Gasteiger partial charge on any atom is -0.497 e. The lowest BCUT2D eigenvalue weighted by atomic mass is 9.97. The van der Waals surface area contributed by atoms with E-state index < -0.39 is 12.1 Å². The van der Waals surface area contributed by atoms with Gasteiger partial charge in [0.1, 0.15) is 18.6 Å². The van der Waals surface area contributed by atoms with Gasteiger partial charge in [-0.15, -0.1) is 0 Å². The van der Waals surface area contributed by atoms with Crippen molar-refractivity contribution >= 4 is 17.8 Å². The van der Waals surface area contributed by atoms with Crippen molar-refractivity contribution in [3.05, 3.63) is 24.3 Å². The monoisotopic (exact) mass is 264 g/mol. The van der Waals surface area contributed by atoms with Crippen LogP contribution in [0.3, 0.4) is 0 Å². The Kier molecular flexibility index (Phi) is 4.13. The summed E-state index contributed by atoms with van der Waals surface area (Å²) in [5.41, 5.74) is 0.719. The first-order chi connectivity index (χ1) is 9.22. The topological polar surface area (TPSA) is 71.8 Å². The van der Waals surface area contributed by atoms with Gasteiger partial charge in [0.25, 0.3) is 5.91 Å². The molecule has 1 fully saturated rings. The quantitative estimate of drug-likeness (QED) is 0.473. The van der Waals surface area contributed by atoms with Gasteiger partial charge in [0.15, 0.2) is 6.10 Å². The Morgan fingerprint density at radius 2 is 2.00 bits per heavy atom. The summed E-state index contributed by atoms with van der Waals surface area (Å²) >= 11 is 0. The Labute approximate surface area is 111 Å². The van der Waals surface area contributed by atoms with Gasteiger partial charge in [-0.2, -0.15) is 0 Å². The zero-order chi connectivity index (χ0) is 13.8. The van der Waals surface area contributed by atoms with Crippen molar-refractivity contribution < 1.29 is 19.0 Å². The highest BCUT2D eigenvalue weighted by Gasteiger charge is 2.48. The molecular weight excluding hydrogens is 248 g/mol. The van der Waals surface area contributed by atoms with Gasteiger partial charge in [-0.05, 0) is 24.3 Å². The number of anilines is 1. The Hall–Kier alpha value is -1.92. The molecule has 102 valence electrons. The third-order valence-electron chi connectivity index (χ3n) is 2.98. The SMILES string of the molecule is COCO[C@H]1C(=O)N(c2ccc(OC)cc2)[C@H]1C=N. The Balaban J connectivity index is 2.11. The number of β-lactam (4-membered cyclic amide) rings is 1. The van der Waals surface area contributed by atoms with E-state index in [1.54, 1.807) is 31.4 Å². The van der Waals surface area contributed by atoms with Crippen LogP contribution in [-0.4, -0.2) is 45.3 Å². The van der Waals surface area contributed by atoms with Gasteiger partial charge < -0.3 is 19.6 Å². The molecule has 19 heavy (non-hydrogen) atoms. The van der Waals surface area contributed by atoms with Gasteiger partial charge in [0.2, 0.25) is 0 Å². The van der Waals surface area contributed by atoms with Crippen molar-refractivity contribution in [2.24, 2.45) is 0 Å². The highest BCUT2D eigenvalue weighted by atomic mass is 16.7. The molecule has 2 atom stereocenters. The minimum atomic E-state index is -0.639. The van der Waals surface area contributed by atoms with Crippen LogP contribution in [0.1, 0.15) is 0 Å². The van der Waals surface area contributed by atoms with Crippen LogP contribution < -0.4 is 9.64 Å². The van der Waals surface area contributed by atoms with Gasteiger partial charge in [-0.25, -0.2) is 0 Å². The predicted molar refractivity (Wildman–Crippen MR) is 69.8 cm³/mol. The summed E-state index contributed by atoms with van der Waals surface area (Å²) in [6.45, 7) is 0.0389. The molecule has 1 aliphatic rings. The maximum absolute atomic E-state index is 12.0. The zero-order valence-corrected chi connectivity index (χ0v) is 10.8. The highest BCUT2D eigenvalue weighted by molar-refractivity contribution is 6.10. The summed E-state index contributed by atoms with van der Waals surface area (Å²) < 4.78 is 15.1. The number of methoxy groups -OCH3 is 2. The van der Waals surface area contributed by atoms with Gasteiger partial charge >= 0.3 is 0 Å². The number of amides is 1. The van der Waals surface area contributed by atoms with Crippen LogP contribution in [0.4, 0.5) is 5.69 Å². The fourth-order valence-corrected chi connectivity index (χ4v) is 2.00. The van der Waals surface area contributed by atoms with Crippen molar-refractivity contribution in [1.29, 1.82) is 5.41 Å². The number of ether oxygens (including phenoxy) is 3. The van der Waals surface area contributed by atoms with E-state index in [0.717, 1.165) is 11.4 Å². The second-order valence-corrected chi connectivity index (χ2v) is 4.06. The molecule has 0 aliphatic carbocycles. The fraction of sp³-hybridized carbons (Fsp3) is 0.385. The maximum Gasteiger partial charge on any atom is 0.259 e. The van der Waals surface area contributed by atoms with Gasteiger partial charge in [0, 0.05) is 19.0 Å². The molecule has 6 nitrogen and oxygen atoms in total. The Bertz CT molecular complexity index is 460. The summed E-state index contributed by atoms with van der Waals surface area (Å²) in [7, 11) is 3.07. The van der Waals surface area contributed by atoms with Crippen LogP contribution in [-0.2, 0) is 14.3 Å². The average molecular weight is 264 g/mol. The molecule has 0 saturated carbocycles. The number of hydrogen-bond donors (Lipinski definition) is 1. The molecule has 2 rings (SSSR count). The molecule has 6 heteroatoms. The van der Waals surface area contributed by atoms with E-state index in [2.05, 4.69) is 0 Å². The number of rotatable bonds is 6. The van der Waals surface area contributed by atoms with E-state index in [1.807, 2.05) is 0 Å². The lowest BCUT2D eigenvalue weighted by molar-refractivity contribution is -0.150. The highest BCUT2D eigenvalue weighted by Crippen LogP contribution is 2.30. The first kappa shape index (κ1) is 13.5. The smallest absolute Gasteiger partial charge is 0.259 e. The van der Waals surface area contributed by atoms with E-state index >= 15 is 0 Å². The second-order valence-electron chi connectivity index (χ2n) is 4.06. The molecular formula is C13H16N2O4. The van der Waals surface area contributed by atoms with E-state index in [0.29, 0.717) is 0 Å². The molecule has 0 radical (unpaired) electrons. The molecule has 1 aliphatic heterocycles. The fourth-order valence-electron chi connectivity index (χ4n) is 2.00. The lowest BCUT2D eigenvalue weighted by Crippen LogP contribution is -2.67. The largest absolute Gasteiger partial charge is 0.497 e. The zero-order valence-electron chi connectivity index (χ0n) is 10.8. The van der Waals surface area contributed by atoms with E-state index in [-0.39, 0.29) is 12.7 Å². The van der Waals surface area contributed by atoms with Gasteiger partial charge in [0.05, 0.1) is 7.11 Å². The number of hydrogen-bond acceptors (Lipinski definition) is 5. The average Bonchev–Trinajstić information content (AvgIpc) is 2.45. The number of nitrogens with one attached hydrogen (secondary N) is 1. The van der Waals surface area contributed by atoms with Crippen LogP contribution in [0.15, 0.2) is 24.3 Å². The molecule has 1 aromatic carbocycles. The van der Waals surface area contributed by atoms with E-state index in [1.165, 1.54) is 18.2 Å². The second kappa shape index (κ2) is 5.81. The molecule has 0 unspecified atom stereocenters. The Morgan fingerprint density at radius 3 is 2.53 bits per heavy atom. The standard InChI is InChI=1S/C13H16N2O4/c1-17-8-19-12-11(7-14)15(13(12)16)9-3-5-10(18-2)6-4-9/h3-7,11-12,14H,8H2,1-2H3/t11-,12+/m0/s1. The molecule has 1 heterocycles. The van der Waals surface area contributed by atoms with Crippen molar-refractivity contribution in [3.8, 4) is 5.75 Å². The lowest BCUT2D eigenvalue weighted by Gasteiger charge is -2.44. The maximum atomic E-state index is 12.0. The molecule has 0 spiro atoms. The minimum absolute atomic E-state index is 0.0389. The van der Waals surface area contributed by atoms with E-state index in [9.17, 15) is 4.79 Å². The van der Waals surface area contributed by atoms with E-state index in [4.69, 9.17) is 19.6 Å². The van der Waals surface area contributed by atoms with Gasteiger partial charge in [-0.1, -0.05) is 0 Å². The molecule has 1 saturated heterocycles. The molecule has 0 bridgehead atoms. The normalized spacial score (nSPS) is 22.0. The summed E-state index contributed by atoms with van der Waals surface area (Å²) in [5, 5.41) is 7.41. The van der Waals surface area contributed by atoms with Crippen LogP contribution in [0, 0.1) is 5.41 Å². The van der Waals surface area contributed by atoms with Crippen molar-refractivity contribution in [2.45, 2.75) is 12.1 Å². The third-order valence-corrected chi connectivity index (χ3v) is 2.98. The molecule has 1 amide bonds. The van der Waals surface area contributed by atoms with Crippen LogP contribution in [0.5, 0.6) is 5.75 Å². The molecule has 1 aromatic rings. The number of carbonyl (C=O) groups is 1. The molecule has 0 aromatic heterocycles. The summed E-state index contributed by atoms with van der Waals surface area (Å²) in [6, 6.07) is 6.70. The van der Waals surface area contributed by atoms with Crippen molar-refractivity contribution in [1.82, 2.24) is 0 Å². The first-order valence-electron chi connectivity index (χ1n) is 5.81. The van der Waals surface area contributed by atoms with Crippen LogP contribution in [0.25, 0.3) is 0 Å².